The normalized spacial score (nSPS) is 19.7. The molecule has 1 aliphatic rings. The number of hydrogen-bond donors (Lipinski definition) is 2. The molecule has 2 rings (SSSR count). The third-order valence-corrected chi connectivity index (χ3v) is 3.16. The quantitative estimate of drug-likeness (QED) is 0.831. The third kappa shape index (κ3) is 3.15. The van der Waals surface area contributed by atoms with Crippen molar-refractivity contribution in [2.24, 2.45) is 5.92 Å². The highest BCUT2D eigenvalue weighted by Crippen LogP contribution is 2.17. The summed E-state index contributed by atoms with van der Waals surface area (Å²) in [5.41, 5.74) is 0.954. The lowest BCUT2D eigenvalue weighted by Gasteiger charge is -2.06. The highest BCUT2D eigenvalue weighted by molar-refractivity contribution is 7.13. The summed E-state index contributed by atoms with van der Waals surface area (Å²) in [5, 5.41) is 8.64. The van der Waals surface area contributed by atoms with Crippen LogP contribution >= 0.6 is 23.7 Å². The zero-order valence-corrected chi connectivity index (χ0v) is 10.1. The number of carbonyl (C=O) groups is 1. The first-order valence-electron chi connectivity index (χ1n) is 4.69. The predicted octanol–water partition coefficient (Wildman–Crippen LogP) is 1.42. The van der Waals surface area contributed by atoms with Gasteiger partial charge in [0, 0.05) is 11.9 Å². The highest BCUT2D eigenvalue weighted by atomic mass is 35.5. The van der Waals surface area contributed by atoms with Gasteiger partial charge in [0.1, 0.15) is 0 Å². The summed E-state index contributed by atoms with van der Waals surface area (Å²) in [7, 11) is 0. The van der Waals surface area contributed by atoms with Crippen LogP contribution in [0.2, 0.25) is 0 Å². The molecule has 1 aromatic heterocycles. The van der Waals surface area contributed by atoms with Crippen LogP contribution in [0.1, 0.15) is 12.1 Å². The Kier molecular flexibility index (Phi) is 4.50. The fraction of sp³-hybridized carbons (Fsp3) is 0.556. The Hall–Kier alpha value is -0.650. The number of amides is 1. The molecule has 1 aromatic rings. The van der Waals surface area contributed by atoms with Crippen LogP contribution in [-0.2, 0) is 4.79 Å². The number of thiazole rings is 1. The Morgan fingerprint density at radius 1 is 1.73 bits per heavy atom. The molecule has 0 aromatic carbocycles. The van der Waals surface area contributed by atoms with Gasteiger partial charge in [-0.3, -0.25) is 4.79 Å². The predicted molar refractivity (Wildman–Crippen MR) is 63.7 cm³/mol. The molecule has 0 aliphatic carbocycles. The topological polar surface area (TPSA) is 54.0 Å². The van der Waals surface area contributed by atoms with Crippen molar-refractivity contribution in [1.29, 1.82) is 0 Å². The Morgan fingerprint density at radius 2 is 2.53 bits per heavy atom. The maximum atomic E-state index is 11.6. The van der Waals surface area contributed by atoms with Crippen LogP contribution in [0.15, 0.2) is 5.38 Å². The van der Waals surface area contributed by atoms with E-state index in [1.54, 1.807) is 0 Å². The number of rotatable bonds is 2. The molecule has 0 spiro atoms. The van der Waals surface area contributed by atoms with Gasteiger partial charge in [0.2, 0.25) is 5.91 Å². The molecule has 6 heteroatoms. The fourth-order valence-corrected chi connectivity index (χ4v) is 2.19. The Balaban J connectivity index is 0.00000112. The van der Waals surface area contributed by atoms with Crippen molar-refractivity contribution in [1.82, 2.24) is 10.3 Å². The molecule has 15 heavy (non-hydrogen) atoms. The van der Waals surface area contributed by atoms with E-state index in [0.29, 0.717) is 5.13 Å². The van der Waals surface area contributed by atoms with Crippen molar-refractivity contribution in [3.8, 4) is 0 Å². The zero-order chi connectivity index (χ0) is 9.97. The number of aryl methyl sites for hydroxylation is 1. The molecule has 1 atom stereocenters. The SMILES string of the molecule is Cc1csc(NC(=O)[C@@H]2CCNC2)n1.Cl. The molecule has 0 saturated carbocycles. The Bertz CT molecular complexity index is 336. The van der Waals surface area contributed by atoms with E-state index in [0.717, 1.165) is 25.2 Å². The standard InChI is InChI=1S/C9H13N3OS.ClH/c1-6-5-14-9(11-6)12-8(13)7-2-3-10-4-7;/h5,7,10H,2-4H2,1H3,(H,11,12,13);1H/t7-;/m1./s1. The number of carbonyl (C=O) groups excluding carboxylic acids is 1. The molecule has 4 nitrogen and oxygen atoms in total. The van der Waals surface area contributed by atoms with Gasteiger partial charge in [-0.2, -0.15) is 0 Å². The highest BCUT2D eigenvalue weighted by Gasteiger charge is 2.22. The first-order valence-corrected chi connectivity index (χ1v) is 5.57. The van der Waals surface area contributed by atoms with E-state index >= 15 is 0 Å². The number of halogens is 1. The summed E-state index contributed by atoms with van der Waals surface area (Å²) in [6.45, 7) is 3.65. The molecule has 0 radical (unpaired) electrons. The molecular formula is C9H14ClN3OS. The van der Waals surface area contributed by atoms with Gasteiger partial charge in [0.15, 0.2) is 5.13 Å². The Labute approximate surface area is 98.9 Å². The second kappa shape index (κ2) is 5.44. The molecule has 2 heterocycles. The lowest BCUT2D eigenvalue weighted by atomic mass is 10.1. The van der Waals surface area contributed by atoms with Gasteiger partial charge in [0.05, 0.1) is 11.6 Å². The molecule has 1 fully saturated rings. The van der Waals surface area contributed by atoms with Gasteiger partial charge >= 0.3 is 0 Å². The average molecular weight is 248 g/mol. The van der Waals surface area contributed by atoms with Crippen molar-refractivity contribution < 1.29 is 4.79 Å². The van der Waals surface area contributed by atoms with Crippen LogP contribution < -0.4 is 10.6 Å². The molecule has 0 unspecified atom stereocenters. The number of hydrogen-bond acceptors (Lipinski definition) is 4. The van der Waals surface area contributed by atoms with Crippen LogP contribution in [0.3, 0.4) is 0 Å². The van der Waals surface area contributed by atoms with Gasteiger partial charge in [-0.15, -0.1) is 23.7 Å². The van der Waals surface area contributed by atoms with E-state index < -0.39 is 0 Å². The molecule has 1 aliphatic heterocycles. The van der Waals surface area contributed by atoms with Crippen LogP contribution in [0, 0.1) is 12.8 Å². The van der Waals surface area contributed by atoms with Crippen LogP contribution in [0.5, 0.6) is 0 Å². The minimum atomic E-state index is 0. The fourth-order valence-electron chi connectivity index (χ4n) is 1.50. The molecule has 2 N–H and O–H groups in total. The average Bonchev–Trinajstić information content (AvgIpc) is 2.75. The number of nitrogens with zero attached hydrogens (tertiary/aromatic N) is 1. The van der Waals surface area contributed by atoms with Gasteiger partial charge in [-0.25, -0.2) is 4.98 Å². The van der Waals surface area contributed by atoms with E-state index in [1.165, 1.54) is 11.3 Å². The molecule has 84 valence electrons. The monoisotopic (exact) mass is 247 g/mol. The number of aromatic nitrogens is 1. The van der Waals surface area contributed by atoms with Gasteiger partial charge in [-0.1, -0.05) is 0 Å². The van der Waals surface area contributed by atoms with Crippen molar-refractivity contribution in [3.05, 3.63) is 11.1 Å². The summed E-state index contributed by atoms with van der Waals surface area (Å²) in [6.07, 6.45) is 0.927. The van der Waals surface area contributed by atoms with Crippen molar-refractivity contribution >= 4 is 34.8 Å². The lowest BCUT2D eigenvalue weighted by molar-refractivity contribution is -0.119. The Morgan fingerprint density at radius 3 is 3.07 bits per heavy atom. The number of nitrogens with one attached hydrogen (secondary N) is 2. The second-order valence-electron chi connectivity index (χ2n) is 3.47. The summed E-state index contributed by atoms with van der Waals surface area (Å²) >= 11 is 1.47. The summed E-state index contributed by atoms with van der Waals surface area (Å²) in [5.74, 6) is 0.198. The second-order valence-corrected chi connectivity index (χ2v) is 4.33. The zero-order valence-electron chi connectivity index (χ0n) is 8.45. The minimum Gasteiger partial charge on any atom is -0.316 e. The lowest BCUT2D eigenvalue weighted by Crippen LogP contribution is -2.24. The van der Waals surface area contributed by atoms with Crippen LogP contribution in [0.25, 0.3) is 0 Å². The van der Waals surface area contributed by atoms with Crippen LogP contribution in [-0.4, -0.2) is 24.0 Å². The van der Waals surface area contributed by atoms with Gasteiger partial charge in [0.25, 0.3) is 0 Å². The summed E-state index contributed by atoms with van der Waals surface area (Å²) < 4.78 is 0. The van der Waals surface area contributed by atoms with E-state index in [9.17, 15) is 4.79 Å². The van der Waals surface area contributed by atoms with E-state index in [1.807, 2.05) is 12.3 Å². The molecule has 0 bridgehead atoms. The van der Waals surface area contributed by atoms with E-state index in [4.69, 9.17) is 0 Å². The minimum absolute atomic E-state index is 0. The smallest absolute Gasteiger partial charge is 0.230 e. The van der Waals surface area contributed by atoms with Crippen molar-refractivity contribution in [3.63, 3.8) is 0 Å². The summed E-state index contributed by atoms with van der Waals surface area (Å²) in [4.78, 5) is 15.8. The largest absolute Gasteiger partial charge is 0.316 e. The first kappa shape index (κ1) is 12.4. The summed E-state index contributed by atoms with van der Waals surface area (Å²) in [6, 6.07) is 0. The molecular weight excluding hydrogens is 234 g/mol. The van der Waals surface area contributed by atoms with Gasteiger partial charge < -0.3 is 10.6 Å². The molecule has 1 amide bonds. The molecule has 1 saturated heterocycles. The van der Waals surface area contributed by atoms with Crippen molar-refractivity contribution in [2.45, 2.75) is 13.3 Å². The first-order chi connectivity index (χ1) is 6.75. The van der Waals surface area contributed by atoms with Gasteiger partial charge in [-0.05, 0) is 19.9 Å². The van der Waals surface area contributed by atoms with E-state index in [2.05, 4.69) is 15.6 Å². The maximum Gasteiger partial charge on any atom is 0.230 e. The van der Waals surface area contributed by atoms with Crippen molar-refractivity contribution in [2.75, 3.05) is 18.4 Å². The number of anilines is 1. The maximum absolute atomic E-state index is 11.6. The van der Waals surface area contributed by atoms with E-state index in [-0.39, 0.29) is 24.2 Å². The van der Waals surface area contributed by atoms with Crippen LogP contribution in [0.4, 0.5) is 5.13 Å². The third-order valence-electron chi connectivity index (χ3n) is 2.28.